The molecular weight excluding hydrogens is 803 g/mol. The standard InChI is InChI=1S/C54H39N5.C7H8/c1-36-55-52(57-53(56-36)35-58-48-24-11-8-21-45(48)46-23-14-22-42(54(46)58)39-17-6-3-7-18-39)33-37-27-29-40(30-28-37)47-34-41(38-15-4-2-5-16-38)31-32-51(47)59-49-25-12-9-19-43(49)44-20-10-13-26-50(44)59;1-7-5-3-2-4-6-7/h2-32,34H,33,35H2,1H3;2-6H,1H3. The van der Waals surface area contributed by atoms with E-state index < -0.39 is 0 Å². The number of nitrogens with zero attached hydrogens (tertiary/aromatic N) is 5. The zero-order valence-electron chi connectivity index (χ0n) is 37.0. The van der Waals surface area contributed by atoms with Crippen LogP contribution >= 0.6 is 0 Å². The molecule has 3 aromatic heterocycles. The van der Waals surface area contributed by atoms with Gasteiger partial charge in [0.05, 0.1) is 28.8 Å². The first-order chi connectivity index (χ1) is 32.6. The summed E-state index contributed by atoms with van der Waals surface area (Å²) in [5, 5.41) is 4.95. The van der Waals surface area contributed by atoms with Crippen molar-refractivity contribution in [1.82, 2.24) is 24.1 Å². The van der Waals surface area contributed by atoms with Crippen LogP contribution < -0.4 is 0 Å². The lowest BCUT2D eigenvalue weighted by atomic mass is 9.96. The second kappa shape index (κ2) is 17.6. The summed E-state index contributed by atoms with van der Waals surface area (Å²) >= 11 is 0. The van der Waals surface area contributed by atoms with Crippen molar-refractivity contribution in [3.63, 3.8) is 0 Å². The summed E-state index contributed by atoms with van der Waals surface area (Å²) in [6, 6.07) is 79.9. The Morgan fingerprint density at radius 3 is 1.53 bits per heavy atom. The maximum atomic E-state index is 5.10. The summed E-state index contributed by atoms with van der Waals surface area (Å²) in [5.74, 6) is 2.24. The Kier molecular flexibility index (Phi) is 10.8. The first kappa shape index (κ1) is 40.4. The van der Waals surface area contributed by atoms with Gasteiger partial charge in [0.1, 0.15) is 11.6 Å². The number of aryl methyl sites for hydroxylation is 2. The molecule has 0 bridgehead atoms. The van der Waals surface area contributed by atoms with Crippen LogP contribution in [0.1, 0.15) is 28.6 Å². The van der Waals surface area contributed by atoms with Gasteiger partial charge in [-0.1, -0.05) is 200 Å². The molecular formula is C61H47N5. The SMILES string of the molecule is Cc1ccccc1.Cc1nc(Cc2ccc(-c3cc(-c4ccccc4)ccc3-n3c4ccccc4c4ccccc43)cc2)nc(Cn2c3ccccc3c3cccc(-c4ccccc4)c32)n1. The van der Waals surface area contributed by atoms with Crippen LogP contribution in [0.3, 0.4) is 0 Å². The van der Waals surface area contributed by atoms with Gasteiger partial charge in [0.2, 0.25) is 0 Å². The van der Waals surface area contributed by atoms with Crippen LogP contribution in [0.5, 0.6) is 0 Å². The lowest BCUT2D eigenvalue weighted by Crippen LogP contribution is -2.10. The van der Waals surface area contributed by atoms with Gasteiger partial charge in [0, 0.05) is 44.6 Å². The van der Waals surface area contributed by atoms with Crippen molar-refractivity contribution in [2.75, 3.05) is 0 Å². The zero-order chi connectivity index (χ0) is 44.4. The van der Waals surface area contributed by atoms with Gasteiger partial charge in [-0.25, -0.2) is 15.0 Å². The van der Waals surface area contributed by atoms with Crippen LogP contribution in [0.2, 0.25) is 0 Å². The van der Waals surface area contributed by atoms with Gasteiger partial charge in [-0.3, -0.25) is 0 Å². The number of para-hydroxylation sites is 4. The van der Waals surface area contributed by atoms with E-state index in [9.17, 15) is 0 Å². The van der Waals surface area contributed by atoms with Gasteiger partial charge < -0.3 is 9.13 Å². The number of hydrogen-bond donors (Lipinski definition) is 0. The third kappa shape index (κ3) is 7.82. The normalized spacial score (nSPS) is 11.3. The highest BCUT2D eigenvalue weighted by molar-refractivity contribution is 6.13. The molecule has 12 aromatic rings. The number of aromatic nitrogens is 5. The van der Waals surface area contributed by atoms with Crippen molar-refractivity contribution in [3.05, 3.63) is 253 Å². The molecule has 0 amide bonds. The van der Waals surface area contributed by atoms with Gasteiger partial charge in [-0.05, 0) is 72.0 Å². The molecule has 3 heterocycles. The lowest BCUT2D eigenvalue weighted by Gasteiger charge is -2.16. The highest BCUT2D eigenvalue weighted by Gasteiger charge is 2.19. The van der Waals surface area contributed by atoms with Crippen LogP contribution in [0.4, 0.5) is 0 Å². The van der Waals surface area contributed by atoms with E-state index in [1.807, 2.05) is 25.1 Å². The second-order valence-corrected chi connectivity index (χ2v) is 16.9. The molecule has 12 rings (SSSR count). The molecule has 0 aliphatic carbocycles. The van der Waals surface area contributed by atoms with Crippen molar-refractivity contribution < 1.29 is 0 Å². The molecule has 0 spiro atoms. The summed E-state index contributed by atoms with van der Waals surface area (Å²) in [4.78, 5) is 14.8. The predicted molar refractivity (Wildman–Crippen MR) is 274 cm³/mol. The molecule has 316 valence electrons. The number of fused-ring (bicyclic) bond motifs is 6. The molecule has 0 atom stereocenters. The molecule has 0 fully saturated rings. The summed E-state index contributed by atoms with van der Waals surface area (Å²) in [5.41, 5.74) is 15.4. The summed E-state index contributed by atoms with van der Waals surface area (Å²) in [6.07, 6.45) is 0.600. The average molecular weight is 850 g/mol. The van der Waals surface area contributed by atoms with Crippen LogP contribution in [0.15, 0.2) is 224 Å². The van der Waals surface area contributed by atoms with Crippen LogP contribution in [-0.2, 0) is 13.0 Å². The van der Waals surface area contributed by atoms with Crippen molar-refractivity contribution in [2.24, 2.45) is 0 Å². The van der Waals surface area contributed by atoms with Crippen LogP contribution in [0.25, 0.3) is 82.7 Å². The minimum Gasteiger partial charge on any atom is -0.332 e. The minimum atomic E-state index is 0.534. The summed E-state index contributed by atoms with van der Waals surface area (Å²) < 4.78 is 4.79. The molecule has 0 radical (unpaired) electrons. The minimum absolute atomic E-state index is 0.534. The smallest absolute Gasteiger partial charge is 0.152 e. The van der Waals surface area contributed by atoms with E-state index >= 15 is 0 Å². The second-order valence-electron chi connectivity index (χ2n) is 16.9. The summed E-state index contributed by atoms with van der Waals surface area (Å²) in [7, 11) is 0. The summed E-state index contributed by atoms with van der Waals surface area (Å²) in [6.45, 7) is 4.58. The van der Waals surface area contributed by atoms with E-state index in [-0.39, 0.29) is 0 Å². The molecule has 0 saturated carbocycles. The van der Waals surface area contributed by atoms with Crippen molar-refractivity contribution in [2.45, 2.75) is 26.8 Å². The molecule has 0 aliphatic heterocycles. The molecule has 0 aliphatic rings. The van der Waals surface area contributed by atoms with Crippen molar-refractivity contribution in [3.8, 4) is 39.1 Å². The van der Waals surface area contributed by atoms with Crippen molar-refractivity contribution >= 4 is 43.6 Å². The third-order valence-electron chi connectivity index (χ3n) is 12.5. The molecule has 9 aromatic carbocycles. The molecule has 66 heavy (non-hydrogen) atoms. The Morgan fingerprint density at radius 2 is 0.894 bits per heavy atom. The van der Waals surface area contributed by atoms with Gasteiger partial charge in [0.15, 0.2) is 5.82 Å². The fourth-order valence-electron chi connectivity index (χ4n) is 9.49. The molecule has 0 N–H and O–H groups in total. The number of hydrogen-bond acceptors (Lipinski definition) is 3. The quantitative estimate of drug-likeness (QED) is 0.153. The molecule has 0 saturated heterocycles. The maximum Gasteiger partial charge on any atom is 0.152 e. The third-order valence-corrected chi connectivity index (χ3v) is 12.5. The monoisotopic (exact) mass is 849 g/mol. The molecule has 0 unspecified atom stereocenters. The van der Waals surface area contributed by atoms with Crippen LogP contribution in [0, 0.1) is 13.8 Å². The van der Waals surface area contributed by atoms with Gasteiger partial charge in [-0.15, -0.1) is 0 Å². The number of benzene rings is 9. The van der Waals surface area contributed by atoms with E-state index in [4.69, 9.17) is 15.0 Å². The first-order valence-electron chi connectivity index (χ1n) is 22.6. The van der Waals surface area contributed by atoms with E-state index in [2.05, 4.69) is 222 Å². The van der Waals surface area contributed by atoms with E-state index in [1.54, 1.807) is 0 Å². The number of rotatable bonds is 8. The van der Waals surface area contributed by atoms with Crippen LogP contribution in [-0.4, -0.2) is 24.1 Å². The Bertz CT molecular complexity index is 3590. The Labute approximate surface area is 385 Å². The fourth-order valence-corrected chi connectivity index (χ4v) is 9.49. The fraction of sp³-hybridized carbons (Fsp3) is 0.0656. The predicted octanol–water partition coefficient (Wildman–Crippen LogP) is 15.0. The zero-order valence-corrected chi connectivity index (χ0v) is 37.0. The lowest BCUT2D eigenvalue weighted by molar-refractivity contribution is 0.742. The van der Waals surface area contributed by atoms with Gasteiger partial charge >= 0.3 is 0 Å². The molecule has 5 nitrogen and oxygen atoms in total. The highest BCUT2D eigenvalue weighted by atomic mass is 15.1. The Morgan fingerprint density at radius 1 is 0.379 bits per heavy atom. The Hall–Kier alpha value is -8.41. The average Bonchev–Trinajstić information content (AvgIpc) is 3.87. The molecule has 5 heteroatoms. The highest BCUT2D eigenvalue weighted by Crippen LogP contribution is 2.39. The first-order valence-corrected chi connectivity index (χ1v) is 22.6. The maximum absolute atomic E-state index is 5.10. The van der Waals surface area contributed by atoms with E-state index in [1.165, 1.54) is 71.5 Å². The van der Waals surface area contributed by atoms with E-state index in [0.29, 0.717) is 13.0 Å². The topological polar surface area (TPSA) is 48.5 Å². The van der Waals surface area contributed by atoms with Gasteiger partial charge in [-0.2, -0.15) is 0 Å². The van der Waals surface area contributed by atoms with Crippen molar-refractivity contribution in [1.29, 1.82) is 0 Å². The Balaban J connectivity index is 0.000000632. The van der Waals surface area contributed by atoms with Gasteiger partial charge in [0.25, 0.3) is 0 Å². The van der Waals surface area contributed by atoms with E-state index in [0.717, 1.165) is 39.8 Å². The largest absolute Gasteiger partial charge is 0.332 e.